The third-order valence-corrected chi connectivity index (χ3v) is 14.6. The number of allylic oxidation sites excluding steroid dienone is 1. The maximum Gasteiger partial charge on any atom is 0.336 e. The minimum atomic E-state index is -0.903. The first-order valence-electron chi connectivity index (χ1n) is 16.4. The molecule has 5 aliphatic carbocycles. The van der Waals surface area contributed by atoms with E-state index in [4.69, 9.17) is 0 Å². The van der Waals surface area contributed by atoms with Gasteiger partial charge in [0.25, 0.3) is 0 Å². The molecule has 0 heterocycles. The summed E-state index contributed by atoms with van der Waals surface area (Å²) in [6.07, 6.45) is 11.5. The molecule has 6 rings (SSSR count). The lowest BCUT2D eigenvalue weighted by molar-refractivity contribution is -0.244. The second-order valence-electron chi connectivity index (χ2n) is 16.3. The predicted octanol–water partition coefficient (Wildman–Crippen LogP) is 8.75. The molecule has 0 aromatic heterocycles. The highest BCUT2D eigenvalue weighted by Crippen LogP contribution is 2.77. The molecular formula is C38H52O3. The predicted molar refractivity (Wildman–Crippen MR) is 165 cm³/mol. The fourth-order valence-electron chi connectivity index (χ4n) is 12.3. The van der Waals surface area contributed by atoms with Crippen molar-refractivity contribution in [2.45, 2.75) is 112 Å². The Labute approximate surface area is 248 Å². The zero-order chi connectivity index (χ0) is 29.6. The van der Waals surface area contributed by atoms with Gasteiger partial charge in [-0.3, -0.25) is 0 Å². The first-order valence-corrected chi connectivity index (χ1v) is 16.4. The number of hydrogen-bond acceptors (Lipinski definition) is 2. The van der Waals surface area contributed by atoms with Gasteiger partial charge in [0.2, 0.25) is 0 Å². The molecule has 5 aliphatic rings. The lowest BCUT2D eigenvalue weighted by atomic mass is 9.32. The molecule has 0 amide bonds. The van der Waals surface area contributed by atoms with Crippen LogP contribution in [0.4, 0.5) is 0 Å². The molecule has 0 spiro atoms. The number of hydrogen-bond donors (Lipinski definition) is 2. The van der Waals surface area contributed by atoms with Crippen molar-refractivity contribution in [2.75, 3.05) is 0 Å². The molecule has 0 saturated heterocycles. The van der Waals surface area contributed by atoms with E-state index in [1.807, 2.05) is 12.1 Å². The molecule has 5 saturated carbocycles. The van der Waals surface area contributed by atoms with E-state index in [2.05, 4.69) is 60.0 Å². The standard InChI is InChI=1S/C38H52O3/c1-24(2)26-15-21-38(20-14-25-10-8-9-11-27(25)33(40)41)23-22-36(6)28(32(26)38)12-13-30-35(5)18-17-31(39)34(3,4)29(35)16-19-37(30,36)7/h8-11,26,28-32,39H,1,12-13,15-19,21-23H2,2-7H3,(H,40,41)/t26-,28?,29?,30?,31-,32?,35-,36+,37+,38+/m0/s1. The second-order valence-corrected chi connectivity index (χ2v) is 16.3. The number of benzene rings is 1. The molecule has 10 atom stereocenters. The van der Waals surface area contributed by atoms with Crippen LogP contribution in [0.25, 0.3) is 0 Å². The number of aromatic carboxylic acids is 1. The van der Waals surface area contributed by atoms with Gasteiger partial charge in [-0.05, 0) is 135 Å². The van der Waals surface area contributed by atoms with E-state index in [-0.39, 0.29) is 33.2 Å². The minimum absolute atomic E-state index is 0.0217. The van der Waals surface area contributed by atoms with Crippen molar-refractivity contribution < 1.29 is 15.0 Å². The molecule has 222 valence electrons. The molecule has 0 radical (unpaired) electrons. The first-order chi connectivity index (χ1) is 19.2. The van der Waals surface area contributed by atoms with Crippen LogP contribution in [0.1, 0.15) is 122 Å². The topological polar surface area (TPSA) is 57.5 Å². The maximum absolute atomic E-state index is 11.9. The van der Waals surface area contributed by atoms with Gasteiger partial charge in [0.05, 0.1) is 11.7 Å². The molecule has 0 bridgehead atoms. The average Bonchev–Trinajstić information content (AvgIpc) is 3.31. The third-order valence-electron chi connectivity index (χ3n) is 14.6. The summed E-state index contributed by atoms with van der Waals surface area (Å²) in [5.74, 6) is 9.18. The Kier molecular flexibility index (Phi) is 6.71. The van der Waals surface area contributed by atoms with Crippen molar-refractivity contribution in [3.8, 4) is 11.8 Å². The SMILES string of the molecule is C=C(C)[C@@H]1CC[C@]2(C#Cc3ccccc3C(=O)O)CC[C@]3(C)C(CCC4[C@@]5(C)CC[C@H](O)C(C)(C)C5CC[C@]43C)C12. The molecule has 1 aromatic rings. The van der Waals surface area contributed by atoms with Crippen molar-refractivity contribution in [1.29, 1.82) is 0 Å². The number of fused-ring (bicyclic) bond motifs is 7. The monoisotopic (exact) mass is 556 g/mol. The maximum atomic E-state index is 11.9. The summed E-state index contributed by atoms with van der Waals surface area (Å²) in [6.45, 7) is 19.3. The zero-order valence-corrected chi connectivity index (χ0v) is 26.4. The summed E-state index contributed by atoms with van der Waals surface area (Å²) in [5.41, 5.74) is 2.97. The summed E-state index contributed by atoms with van der Waals surface area (Å²) < 4.78 is 0. The van der Waals surface area contributed by atoms with Gasteiger partial charge < -0.3 is 10.2 Å². The minimum Gasteiger partial charge on any atom is -0.478 e. The normalized spacial score (nSPS) is 46.1. The van der Waals surface area contributed by atoms with Crippen LogP contribution in [0.3, 0.4) is 0 Å². The summed E-state index contributed by atoms with van der Waals surface area (Å²) in [6, 6.07) is 7.24. The van der Waals surface area contributed by atoms with Crippen molar-refractivity contribution in [2.24, 2.45) is 56.7 Å². The molecule has 3 heteroatoms. The zero-order valence-electron chi connectivity index (χ0n) is 26.4. The van der Waals surface area contributed by atoms with Gasteiger partial charge >= 0.3 is 5.97 Å². The molecule has 4 unspecified atom stereocenters. The summed E-state index contributed by atoms with van der Waals surface area (Å²) >= 11 is 0. The largest absolute Gasteiger partial charge is 0.478 e. The van der Waals surface area contributed by atoms with E-state index < -0.39 is 5.97 Å². The van der Waals surface area contributed by atoms with Gasteiger partial charge in [-0.25, -0.2) is 4.79 Å². The quantitative estimate of drug-likeness (QED) is 0.283. The molecule has 1 aromatic carbocycles. The van der Waals surface area contributed by atoms with Crippen LogP contribution in [0.2, 0.25) is 0 Å². The summed E-state index contributed by atoms with van der Waals surface area (Å²) in [7, 11) is 0. The van der Waals surface area contributed by atoms with Gasteiger partial charge in [-0.2, -0.15) is 0 Å². The highest BCUT2D eigenvalue weighted by molar-refractivity contribution is 5.90. The first kappa shape index (κ1) is 29.0. The van der Waals surface area contributed by atoms with Crippen molar-refractivity contribution in [3.63, 3.8) is 0 Å². The Bertz CT molecular complexity index is 1310. The van der Waals surface area contributed by atoms with Crippen molar-refractivity contribution in [1.82, 2.24) is 0 Å². The van der Waals surface area contributed by atoms with Crippen LogP contribution in [0.15, 0.2) is 36.4 Å². The van der Waals surface area contributed by atoms with Gasteiger partial charge in [0.1, 0.15) is 0 Å². The molecule has 3 nitrogen and oxygen atoms in total. The highest BCUT2D eigenvalue weighted by atomic mass is 16.4. The van der Waals surface area contributed by atoms with Crippen molar-refractivity contribution >= 4 is 5.97 Å². The Hall–Kier alpha value is -2.05. The van der Waals surface area contributed by atoms with Crippen LogP contribution in [-0.2, 0) is 0 Å². The van der Waals surface area contributed by atoms with E-state index in [9.17, 15) is 15.0 Å². The Morgan fingerprint density at radius 2 is 1.61 bits per heavy atom. The lowest BCUT2D eigenvalue weighted by Gasteiger charge is -2.72. The van der Waals surface area contributed by atoms with Crippen LogP contribution in [0, 0.1) is 68.5 Å². The Morgan fingerprint density at radius 1 is 0.878 bits per heavy atom. The molecule has 5 fully saturated rings. The number of carboxylic acid groups (broad SMARTS) is 1. The van der Waals surface area contributed by atoms with Crippen molar-refractivity contribution in [3.05, 3.63) is 47.5 Å². The summed E-state index contributed by atoms with van der Waals surface area (Å²) in [5, 5.41) is 20.8. The van der Waals surface area contributed by atoms with Crippen LogP contribution >= 0.6 is 0 Å². The van der Waals surface area contributed by atoms with Gasteiger partial charge in [-0.1, -0.05) is 70.7 Å². The Morgan fingerprint density at radius 3 is 2.32 bits per heavy atom. The fourth-order valence-corrected chi connectivity index (χ4v) is 12.3. The average molecular weight is 557 g/mol. The lowest BCUT2D eigenvalue weighted by Crippen LogP contribution is -2.66. The molecule has 0 aliphatic heterocycles. The van der Waals surface area contributed by atoms with E-state index in [0.29, 0.717) is 40.7 Å². The number of aliphatic hydroxyl groups is 1. The van der Waals surface area contributed by atoms with E-state index in [0.717, 1.165) is 32.1 Å². The fraction of sp³-hybridized carbons (Fsp3) is 0.711. The van der Waals surface area contributed by atoms with E-state index in [1.165, 1.54) is 37.7 Å². The van der Waals surface area contributed by atoms with Crippen LogP contribution < -0.4 is 0 Å². The van der Waals surface area contributed by atoms with Gasteiger partial charge in [0, 0.05) is 11.0 Å². The number of carbonyl (C=O) groups is 1. The molecule has 2 N–H and O–H groups in total. The molecular weight excluding hydrogens is 504 g/mol. The Balaban J connectivity index is 1.40. The van der Waals surface area contributed by atoms with E-state index >= 15 is 0 Å². The number of aliphatic hydroxyl groups excluding tert-OH is 1. The number of rotatable bonds is 2. The smallest absolute Gasteiger partial charge is 0.336 e. The molecule has 41 heavy (non-hydrogen) atoms. The number of carboxylic acids is 1. The van der Waals surface area contributed by atoms with Crippen LogP contribution in [-0.4, -0.2) is 22.3 Å². The third kappa shape index (κ3) is 3.91. The second kappa shape index (κ2) is 9.47. The van der Waals surface area contributed by atoms with Crippen LogP contribution in [0.5, 0.6) is 0 Å². The van der Waals surface area contributed by atoms with Gasteiger partial charge in [0.15, 0.2) is 0 Å². The van der Waals surface area contributed by atoms with Gasteiger partial charge in [-0.15, -0.1) is 0 Å². The highest BCUT2D eigenvalue weighted by Gasteiger charge is 2.70. The summed E-state index contributed by atoms with van der Waals surface area (Å²) in [4.78, 5) is 11.9. The van der Waals surface area contributed by atoms with E-state index in [1.54, 1.807) is 12.1 Å².